The van der Waals surface area contributed by atoms with Crippen molar-refractivity contribution in [1.82, 2.24) is 5.32 Å². The van der Waals surface area contributed by atoms with Gasteiger partial charge in [-0.3, -0.25) is 9.59 Å². The summed E-state index contributed by atoms with van der Waals surface area (Å²) in [7, 11) is 0. The fraction of sp³-hybridized carbons (Fsp3) is 0.333. The number of nitrogens with one attached hydrogen (secondary N) is 2. The topological polar surface area (TPSA) is 58.2 Å². The number of ketones is 1. The molecule has 0 spiro atoms. The SMILES string of the molecule is Cc1ccc(C)c(C(=O)CCC(=O)Nc2ccc3c(c2F)CCNC3)c1. The molecule has 1 amide bonds. The van der Waals surface area contributed by atoms with Crippen LogP contribution in [0.1, 0.15) is 45.5 Å². The van der Waals surface area contributed by atoms with Crippen LogP contribution in [0.3, 0.4) is 0 Å². The molecule has 1 heterocycles. The zero-order chi connectivity index (χ0) is 18.7. The molecule has 2 aromatic carbocycles. The van der Waals surface area contributed by atoms with E-state index in [2.05, 4.69) is 10.6 Å². The van der Waals surface area contributed by atoms with Crippen LogP contribution in [-0.2, 0) is 17.8 Å². The Balaban J connectivity index is 1.63. The standard InChI is InChI=1S/C21H23FN2O2/c1-13-3-4-14(2)17(11-13)19(25)7-8-20(26)24-18-6-5-15-12-23-10-9-16(15)21(18)22/h3-6,11,23H,7-10,12H2,1-2H3,(H,24,26). The fourth-order valence-electron chi connectivity index (χ4n) is 3.24. The lowest BCUT2D eigenvalue weighted by Crippen LogP contribution is -2.25. The smallest absolute Gasteiger partial charge is 0.224 e. The Bertz CT molecular complexity index is 861. The van der Waals surface area contributed by atoms with Crippen LogP contribution in [-0.4, -0.2) is 18.2 Å². The predicted molar refractivity (Wildman–Crippen MR) is 99.9 cm³/mol. The van der Waals surface area contributed by atoms with Crippen molar-refractivity contribution >= 4 is 17.4 Å². The molecule has 136 valence electrons. The summed E-state index contributed by atoms with van der Waals surface area (Å²) in [5, 5.41) is 5.80. The molecule has 0 saturated carbocycles. The molecule has 4 nitrogen and oxygen atoms in total. The number of halogens is 1. The van der Waals surface area contributed by atoms with E-state index in [1.165, 1.54) is 0 Å². The van der Waals surface area contributed by atoms with E-state index in [9.17, 15) is 14.0 Å². The summed E-state index contributed by atoms with van der Waals surface area (Å²) >= 11 is 0. The van der Waals surface area contributed by atoms with Gasteiger partial charge in [-0.2, -0.15) is 0 Å². The normalized spacial score (nSPS) is 13.2. The number of rotatable bonds is 5. The van der Waals surface area contributed by atoms with Crippen molar-refractivity contribution in [3.63, 3.8) is 0 Å². The number of hydrogen-bond acceptors (Lipinski definition) is 3. The zero-order valence-electron chi connectivity index (χ0n) is 15.1. The van der Waals surface area contributed by atoms with Gasteiger partial charge in [0, 0.05) is 24.9 Å². The van der Waals surface area contributed by atoms with Gasteiger partial charge in [-0.05, 0) is 55.6 Å². The Morgan fingerprint density at radius 1 is 1.15 bits per heavy atom. The monoisotopic (exact) mass is 354 g/mol. The molecule has 0 saturated heterocycles. The number of anilines is 1. The lowest BCUT2D eigenvalue weighted by atomic mass is 9.98. The maximum absolute atomic E-state index is 14.6. The van der Waals surface area contributed by atoms with Crippen LogP contribution >= 0.6 is 0 Å². The Kier molecular flexibility index (Phi) is 5.47. The average molecular weight is 354 g/mol. The van der Waals surface area contributed by atoms with Crippen molar-refractivity contribution < 1.29 is 14.0 Å². The number of carbonyl (C=O) groups excluding carboxylic acids is 2. The predicted octanol–water partition coefficient (Wildman–Crippen LogP) is 3.69. The molecule has 2 N–H and O–H groups in total. The van der Waals surface area contributed by atoms with Gasteiger partial charge < -0.3 is 10.6 Å². The number of aryl methyl sites for hydroxylation is 2. The summed E-state index contributed by atoms with van der Waals surface area (Å²) < 4.78 is 14.6. The first kappa shape index (κ1) is 18.3. The van der Waals surface area contributed by atoms with Crippen molar-refractivity contribution in [1.29, 1.82) is 0 Å². The van der Waals surface area contributed by atoms with Gasteiger partial charge in [-0.1, -0.05) is 23.8 Å². The highest BCUT2D eigenvalue weighted by Crippen LogP contribution is 2.24. The number of fused-ring (bicyclic) bond motifs is 1. The van der Waals surface area contributed by atoms with E-state index in [1.54, 1.807) is 6.07 Å². The number of Topliss-reactive ketones (excluding diaryl/α,β-unsaturated/α-hetero) is 1. The van der Waals surface area contributed by atoms with E-state index in [4.69, 9.17) is 0 Å². The van der Waals surface area contributed by atoms with Crippen LogP contribution in [0.2, 0.25) is 0 Å². The van der Waals surface area contributed by atoms with E-state index in [1.807, 2.05) is 38.1 Å². The van der Waals surface area contributed by atoms with Gasteiger partial charge in [0.05, 0.1) is 5.69 Å². The van der Waals surface area contributed by atoms with Gasteiger partial charge in [0.15, 0.2) is 5.78 Å². The largest absolute Gasteiger partial charge is 0.324 e. The summed E-state index contributed by atoms with van der Waals surface area (Å²) in [6.07, 6.45) is 0.743. The fourth-order valence-corrected chi connectivity index (χ4v) is 3.24. The molecule has 0 atom stereocenters. The minimum atomic E-state index is -0.363. The maximum atomic E-state index is 14.6. The third kappa shape index (κ3) is 3.99. The molecule has 5 heteroatoms. The quantitative estimate of drug-likeness (QED) is 0.805. The molecular weight excluding hydrogens is 331 g/mol. The Labute approximate surface area is 152 Å². The van der Waals surface area contributed by atoms with Gasteiger partial charge >= 0.3 is 0 Å². The molecule has 0 bridgehead atoms. The van der Waals surface area contributed by atoms with Crippen LogP contribution in [0.15, 0.2) is 30.3 Å². The van der Waals surface area contributed by atoms with E-state index >= 15 is 0 Å². The van der Waals surface area contributed by atoms with Gasteiger partial charge in [0.25, 0.3) is 0 Å². The summed E-state index contributed by atoms with van der Waals surface area (Å²) in [5.41, 5.74) is 4.33. The number of hydrogen-bond donors (Lipinski definition) is 2. The second kappa shape index (κ2) is 7.79. The van der Waals surface area contributed by atoms with Crippen LogP contribution in [0, 0.1) is 19.7 Å². The minimum absolute atomic E-state index is 0.0320. The molecule has 0 fully saturated rings. The summed E-state index contributed by atoms with van der Waals surface area (Å²) in [6, 6.07) is 9.12. The Hall–Kier alpha value is -2.53. The van der Waals surface area contributed by atoms with E-state index in [0.717, 1.165) is 23.2 Å². The average Bonchev–Trinajstić information content (AvgIpc) is 2.64. The number of amides is 1. The molecule has 2 aromatic rings. The van der Waals surface area contributed by atoms with Crippen LogP contribution in [0.4, 0.5) is 10.1 Å². The highest BCUT2D eigenvalue weighted by atomic mass is 19.1. The van der Waals surface area contributed by atoms with Gasteiger partial charge in [0.2, 0.25) is 5.91 Å². The van der Waals surface area contributed by atoms with Gasteiger partial charge in [-0.15, -0.1) is 0 Å². The second-order valence-electron chi connectivity index (χ2n) is 6.78. The molecular formula is C21H23FN2O2. The summed E-state index contributed by atoms with van der Waals surface area (Å²) in [6.45, 7) is 5.18. The molecule has 0 radical (unpaired) electrons. The van der Waals surface area contributed by atoms with Crippen LogP contribution in [0.5, 0.6) is 0 Å². The highest BCUT2D eigenvalue weighted by molar-refractivity contribution is 6.01. The molecule has 1 aliphatic rings. The van der Waals surface area contributed by atoms with Gasteiger partial charge in [0.1, 0.15) is 5.82 Å². The molecule has 0 aromatic heterocycles. The van der Waals surface area contributed by atoms with Crippen LogP contribution < -0.4 is 10.6 Å². The third-order valence-corrected chi connectivity index (χ3v) is 4.75. The first-order valence-electron chi connectivity index (χ1n) is 8.87. The molecule has 1 aliphatic heterocycles. The molecule has 3 rings (SSSR count). The number of carbonyl (C=O) groups is 2. The lowest BCUT2D eigenvalue weighted by molar-refractivity contribution is -0.116. The van der Waals surface area contributed by atoms with E-state index < -0.39 is 0 Å². The Morgan fingerprint density at radius 3 is 2.77 bits per heavy atom. The van der Waals surface area contributed by atoms with Crippen LogP contribution in [0.25, 0.3) is 0 Å². The van der Waals surface area contributed by atoms with Crippen molar-refractivity contribution in [2.24, 2.45) is 0 Å². The van der Waals surface area contributed by atoms with E-state index in [-0.39, 0.29) is 36.0 Å². The van der Waals surface area contributed by atoms with Crippen molar-refractivity contribution in [2.45, 2.75) is 39.7 Å². The summed E-state index contributed by atoms with van der Waals surface area (Å²) in [4.78, 5) is 24.6. The van der Waals surface area contributed by atoms with Crippen molar-refractivity contribution in [3.05, 3.63) is 64.0 Å². The first-order chi connectivity index (χ1) is 12.5. The lowest BCUT2D eigenvalue weighted by Gasteiger charge is -2.19. The highest BCUT2D eigenvalue weighted by Gasteiger charge is 2.18. The summed E-state index contributed by atoms with van der Waals surface area (Å²) in [5.74, 6) is -0.784. The minimum Gasteiger partial charge on any atom is -0.324 e. The van der Waals surface area contributed by atoms with Crippen molar-refractivity contribution in [3.8, 4) is 0 Å². The second-order valence-corrected chi connectivity index (χ2v) is 6.78. The first-order valence-corrected chi connectivity index (χ1v) is 8.87. The zero-order valence-corrected chi connectivity index (χ0v) is 15.1. The third-order valence-electron chi connectivity index (χ3n) is 4.75. The van der Waals surface area contributed by atoms with Crippen molar-refractivity contribution in [2.75, 3.05) is 11.9 Å². The number of benzene rings is 2. The Morgan fingerprint density at radius 2 is 1.96 bits per heavy atom. The molecule has 0 unspecified atom stereocenters. The van der Waals surface area contributed by atoms with E-state index in [0.29, 0.717) is 24.1 Å². The van der Waals surface area contributed by atoms with Gasteiger partial charge in [-0.25, -0.2) is 4.39 Å². The molecule has 26 heavy (non-hydrogen) atoms. The molecule has 0 aliphatic carbocycles. The maximum Gasteiger partial charge on any atom is 0.224 e.